The molecule has 0 aliphatic rings. The molecule has 1 unspecified atom stereocenters. The van der Waals surface area contributed by atoms with Gasteiger partial charge in [0.2, 0.25) is 17.6 Å². The molecule has 1 N–H and O–H groups in total. The van der Waals surface area contributed by atoms with E-state index in [1.165, 1.54) is 18.4 Å². The number of nitrogens with one attached hydrogen (secondary N) is 1. The van der Waals surface area contributed by atoms with Crippen LogP contribution in [-0.4, -0.2) is 35.2 Å². The summed E-state index contributed by atoms with van der Waals surface area (Å²) < 4.78 is 9.88. The largest absolute Gasteiger partial charge is 0.467 e. The zero-order valence-electron chi connectivity index (χ0n) is 13.9. The van der Waals surface area contributed by atoms with Gasteiger partial charge in [-0.25, -0.2) is 4.79 Å². The van der Waals surface area contributed by atoms with E-state index in [1.54, 1.807) is 0 Å². The maximum atomic E-state index is 12.1. The molecule has 0 spiro atoms. The number of carbonyl (C=O) groups excluding carboxylic acids is 2. The fourth-order valence-corrected chi connectivity index (χ4v) is 2.83. The maximum absolute atomic E-state index is 12.1. The number of amides is 1. The van der Waals surface area contributed by atoms with Crippen LogP contribution in [0.2, 0.25) is 0 Å². The van der Waals surface area contributed by atoms with Gasteiger partial charge in [0.25, 0.3) is 0 Å². The molecule has 0 aromatic carbocycles. The predicted octanol–water partition coefficient (Wildman–Crippen LogP) is 2.43. The van der Waals surface area contributed by atoms with Crippen molar-refractivity contribution in [3.8, 4) is 10.7 Å². The first kappa shape index (κ1) is 18.1. The van der Waals surface area contributed by atoms with Crippen LogP contribution in [0.1, 0.15) is 32.6 Å². The minimum atomic E-state index is -0.633. The van der Waals surface area contributed by atoms with Gasteiger partial charge in [0.1, 0.15) is 6.04 Å². The highest BCUT2D eigenvalue weighted by Gasteiger charge is 2.22. The normalized spacial score (nSPS) is 12.2. The van der Waals surface area contributed by atoms with E-state index in [-0.39, 0.29) is 18.2 Å². The maximum Gasteiger partial charge on any atom is 0.328 e. The Morgan fingerprint density at radius 2 is 2.21 bits per heavy atom. The fraction of sp³-hybridized carbons (Fsp3) is 0.500. The van der Waals surface area contributed by atoms with Crippen LogP contribution < -0.4 is 5.32 Å². The molecule has 2 rings (SSSR count). The van der Waals surface area contributed by atoms with Crippen molar-refractivity contribution >= 4 is 23.2 Å². The average Bonchev–Trinajstić information content (AvgIpc) is 3.21. The van der Waals surface area contributed by atoms with E-state index in [2.05, 4.69) is 15.5 Å². The molecule has 0 saturated carbocycles. The van der Waals surface area contributed by atoms with E-state index in [1.807, 2.05) is 31.4 Å². The van der Waals surface area contributed by atoms with Crippen LogP contribution in [0.4, 0.5) is 0 Å². The summed E-state index contributed by atoms with van der Waals surface area (Å²) in [6.07, 6.45) is 1.01. The lowest BCUT2D eigenvalue weighted by Crippen LogP contribution is -2.42. The van der Waals surface area contributed by atoms with E-state index in [0.29, 0.717) is 24.6 Å². The summed E-state index contributed by atoms with van der Waals surface area (Å²) in [6.45, 7) is 3.96. The number of thiophene rings is 1. The molecule has 0 saturated heterocycles. The summed E-state index contributed by atoms with van der Waals surface area (Å²) in [5, 5.41) is 8.53. The Balaban J connectivity index is 1.87. The van der Waals surface area contributed by atoms with Crippen molar-refractivity contribution < 1.29 is 18.8 Å². The van der Waals surface area contributed by atoms with E-state index in [9.17, 15) is 9.59 Å². The molecule has 24 heavy (non-hydrogen) atoms. The van der Waals surface area contributed by atoms with E-state index in [4.69, 9.17) is 9.26 Å². The van der Waals surface area contributed by atoms with Crippen molar-refractivity contribution in [3.05, 3.63) is 23.4 Å². The summed E-state index contributed by atoms with van der Waals surface area (Å²) in [6, 6.07) is 3.18. The highest BCUT2D eigenvalue weighted by atomic mass is 32.1. The molecular formula is C16H21N3O4S. The molecule has 0 aliphatic heterocycles. The van der Waals surface area contributed by atoms with Gasteiger partial charge in [-0.15, -0.1) is 11.3 Å². The number of rotatable bonds is 8. The van der Waals surface area contributed by atoms with Crippen LogP contribution in [-0.2, 0) is 20.7 Å². The third-order valence-electron chi connectivity index (χ3n) is 3.30. The molecule has 0 bridgehead atoms. The molecule has 2 heterocycles. The number of esters is 1. The highest BCUT2D eigenvalue weighted by Crippen LogP contribution is 2.21. The Morgan fingerprint density at radius 1 is 1.42 bits per heavy atom. The molecule has 2 aromatic heterocycles. The molecule has 0 radical (unpaired) electrons. The Labute approximate surface area is 144 Å². The van der Waals surface area contributed by atoms with Crippen molar-refractivity contribution in [1.29, 1.82) is 0 Å². The quantitative estimate of drug-likeness (QED) is 0.734. The van der Waals surface area contributed by atoms with E-state index >= 15 is 0 Å². The van der Waals surface area contributed by atoms with Crippen molar-refractivity contribution in [2.24, 2.45) is 5.92 Å². The highest BCUT2D eigenvalue weighted by molar-refractivity contribution is 7.13. The smallest absolute Gasteiger partial charge is 0.328 e. The van der Waals surface area contributed by atoms with Crippen LogP contribution in [0, 0.1) is 5.92 Å². The van der Waals surface area contributed by atoms with Crippen molar-refractivity contribution in [2.75, 3.05) is 7.11 Å². The molecule has 130 valence electrons. The topological polar surface area (TPSA) is 94.3 Å². The lowest BCUT2D eigenvalue weighted by Gasteiger charge is -2.18. The van der Waals surface area contributed by atoms with Crippen molar-refractivity contribution in [2.45, 2.75) is 39.2 Å². The number of carbonyl (C=O) groups is 2. The lowest BCUT2D eigenvalue weighted by atomic mass is 10.0. The number of aryl methyl sites for hydroxylation is 1. The van der Waals surface area contributed by atoms with Gasteiger partial charge < -0.3 is 14.6 Å². The Hall–Kier alpha value is -2.22. The SMILES string of the molecule is COC(=O)C(CC(C)C)NC(=O)CCc1nc(-c2cccs2)no1. The second-order valence-corrected chi connectivity index (χ2v) is 6.71. The number of nitrogens with zero attached hydrogens (tertiary/aromatic N) is 2. The molecule has 8 heteroatoms. The summed E-state index contributed by atoms with van der Waals surface area (Å²) >= 11 is 1.52. The van der Waals surface area contributed by atoms with Gasteiger partial charge in [0, 0.05) is 12.8 Å². The van der Waals surface area contributed by atoms with Crippen LogP contribution in [0.3, 0.4) is 0 Å². The zero-order chi connectivity index (χ0) is 17.5. The second kappa shape index (κ2) is 8.58. The van der Waals surface area contributed by atoms with Gasteiger partial charge in [0.15, 0.2) is 0 Å². The first-order chi connectivity index (χ1) is 11.5. The van der Waals surface area contributed by atoms with Crippen LogP contribution in [0.15, 0.2) is 22.0 Å². The summed E-state index contributed by atoms with van der Waals surface area (Å²) in [4.78, 5) is 29.0. The number of hydrogen-bond acceptors (Lipinski definition) is 7. The molecule has 7 nitrogen and oxygen atoms in total. The standard InChI is InChI=1S/C16H21N3O4S/c1-10(2)9-11(16(21)22-3)17-13(20)6-7-14-18-15(19-23-14)12-5-4-8-24-12/h4-5,8,10-11H,6-7,9H2,1-3H3,(H,17,20). The predicted molar refractivity (Wildman–Crippen MR) is 89.3 cm³/mol. The first-order valence-electron chi connectivity index (χ1n) is 7.73. The van der Waals surface area contributed by atoms with Gasteiger partial charge in [-0.2, -0.15) is 4.98 Å². The minimum absolute atomic E-state index is 0.164. The minimum Gasteiger partial charge on any atom is -0.467 e. The van der Waals surface area contributed by atoms with Crippen LogP contribution >= 0.6 is 11.3 Å². The molecule has 1 amide bonds. The fourth-order valence-electron chi connectivity index (χ4n) is 2.18. The molecule has 1 atom stereocenters. The monoisotopic (exact) mass is 351 g/mol. The summed E-state index contributed by atoms with van der Waals surface area (Å²) in [7, 11) is 1.31. The molecular weight excluding hydrogens is 330 g/mol. The first-order valence-corrected chi connectivity index (χ1v) is 8.61. The lowest BCUT2D eigenvalue weighted by molar-refractivity contribution is -0.145. The van der Waals surface area contributed by atoms with Gasteiger partial charge >= 0.3 is 5.97 Å². The van der Waals surface area contributed by atoms with Crippen molar-refractivity contribution in [3.63, 3.8) is 0 Å². The summed E-state index contributed by atoms with van der Waals surface area (Å²) in [5.41, 5.74) is 0. The number of methoxy groups -OCH3 is 1. The Morgan fingerprint density at radius 3 is 2.83 bits per heavy atom. The Bertz CT molecular complexity index is 667. The number of aromatic nitrogens is 2. The third kappa shape index (κ3) is 5.16. The number of ether oxygens (including phenoxy) is 1. The third-order valence-corrected chi connectivity index (χ3v) is 4.17. The second-order valence-electron chi connectivity index (χ2n) is 5.76. The van der Waals surface area contributed by atoms with Crippen molar-refractivity contribution in [1.82, 2.24) is 15.5 Å². The van der Waals surface area contributed by atoms with Gasteiger partial charge in [-0.3, -0.25) is 4.79 Å². The van der Waals surface area contributed by atoms with E-state index in [0.717, 1.165) is 4.88 Å². The molecule has 0 aliphatic carbocycles. The zero-order valence-corrected chi connectivity index (χ0v) is 14.8. The van der Waals surface area contributed by atoms with Crippen LogP contribution in [0.25, 0.3) is 10.7 Å². The van der Waals surface area contributed by atoms with Gasteiger partial charge in [0.05, 0.1) is 12.0 Å². The molecule has 0 fully saturated rings. The van der Waals surface area contributed by atoms with Gasteiger partial charge in [-0.05, 0) is 23.8 Å². The Kier molecular flexibility index (Phi) is 6.48. The summed E-state index contributed by atoms with van der Waals surface area (Å²) in [5.74, 6) is 0.495. The van der Waals surface area contributed by atoms with Crippen LogP contribution in [0.5, 0.6) is 0 Å². The molecule has 2 aromatic rings. The number of hydrogen-bond donors (Lipinski definition) is 1. The average molecular weight is 351 g/mol. The van der Waals surface area contributed by atoms with E-state index < -0.39 is 12.0 Å². The van der Waals surface area contributed by atoms with Gasteiger partial charge in [-0.1, -0.05) is 25.1 Å².